The molecule has 0 radical (unpaired) electrons. The highest BCUT2D eigenvalue weighted by molar-refractivity contribution is 6.29. The molecule has 0 spiro atoms. The molecule has 100 valence electrons. The number of hydrogen-bond acceptors (Lipinski definition) is 3. The second kappa shape index (κ2) is 6.06. The van der Waals surface area contributed by atoms with Crippen LogP contribution in [0.4, 0.5) is 8.78 Å². The van der Waals surface area contributed by atoms with E-state index in [1.807, 2.05) is 0 Å². The minimum Gasteiger partial charge on any atom is -0.271 e. The van der Waals surface area contributed by atoms with Crippen LogP contribution in [0.5, 0.6) is 0 Å². The lowest BCUT2D eigenvalue weighted by Gasteiger charge is -2.16. The van der Waals surface area contributed by atoms with E-state index in [1.54, 1.807) is 18.3 Å². The van der Waals surface area contributed by atoms with Crippen LogP contribution in [0.25, 0.3) is 0 Å². The molecule has 3 N–H and O–H groups in total. The van der Waals surface area contributed by atoms with Crippen molar-refractivity contribution in [2.75, 3.05) is 0 Å². The fourth-order valence-corrected chi connectivity index (χ4v) is 1.94. The van der Waals surface area contributed by atoms with Gasteiger partial charge in [0.25, 0.3) is 0 Å². The van der Waals surface area contributed by atoms with E-state index in [9.17, 15) is 8.78 Å². The van der Waals surface area contributed by atoms with Gasteiger partial charge in [0.15, 0.2) is 0 Å². The van der Waals surface area contributed by atoms with Crippen LogP contribution in [0.3, 0.4) is 0 Å². The number of hydrogen-bond donors (Lipinski definition) is 2. The number of nitrogens with one attached hydrogen (secondary N) is 1. The van der Waals surface area contributed by atoms with Gasteiger partial charge in [0, 0.05) is 12.3 Å². The van der Waals surface area contributed by atoms with E-state index in [-0.39, 0.29) is 6.04 Å². The van der Waals surface area contributed by atoms with E-state index in [0.29, 0.717) is 17.1 Å². The summed E-state index contributed by atoms with van der Waals surface area (Å²) in [5, 5.41) is 0.372. The Balaban J connectivity index is 2.21. The Morgan fingerprint density at radius 1 is 1.21 bits per heavy atom. The quantitative estimate of drug-likeness (QED) is 0.515. The molecule has 1 aromatic carbocycles. The molecule has 1 aromatic heterocycles. The van der Waals surface area contributed by atoms with E-state index in [4.69, 9.17) is 17.4 Å². The van der Waals surface area contributed by atoms with Gasteiger partial charge in [-0.25, -0.2) is 13.8 Å². The van der Waals surface area contributed by atoms with E-state index in [2.05, 4.69) is 10.4 Å². The van der Waals surface area contributed by atoms with Crippen molar-refractivity contribution in [3.63, 3.8) is 0 Å². The molecule has 1 heterocycles. The summed E-state index contributed by atoms with van der Waals surface area (Å²) in [6, 6.07) is 6.47. The molecule has 0 amide bonds. The highest BCUT2D eigenvalue weighted by Gasteiger charge is 2.12. The first-order valence-corrected chi connectivity index (χ1v) is 5.99. The van der Waals surface area contributed by atoms with Gasteiger partial charge in [-0.3, -0.25) is 11.3 Å². The molecule has 0 aliphatic rings. The minimum absolute atomic E-state index is 0.300. The van der Waals surface area contributed by atoms with Crippen LogP contribution in [0.1, 0.15) is 17.2 Å². The fourth-order valence-electron chi connectivity index (χ4n) is 1.83. The number of nitrogens with two attached hydrogens (primary N) is 1. The molecule has 1 atom stereocenters. The zero-order valence-electron chi connectivity index (χ0n) is 9.91. The van der Waals surface area contributed by atoms with Gasteiger partial charge >= 0.3 is 0 Å². The molecule has 3 nitrogen and oxygen atoms in total. The number of aromatic nitrogens is 1. The predicted octanol–water partition coefficient (Wildman–Crippen LogP) is 2.76. The second-order valence-corrected chi connectivity index (χ2v) is 4.50. The number of nitrogens with zero attached hydrogens (tertiary/aromatic N) is 1. The Labute approximate surface area is 114 Å². The summed E-state index contributed by atoms with van der Waals surface area (Å²) in [6.45, 7) is 0. The third-order valence-corrected chi connectivity index (χ3v) is 2.94. The largest absolute Gasteiger partial charge is 0.271 e. The van der Waals surface area contributed by atoms with Gasteiger partial charge in [-0.2, -0.15) is 0 Å². The first-order chi connectivity index (χ1) is 9.08. The molecule has 1 unspecified atom stereocenters. The molecule has 19 heavy (non-hydrogen) atoms. The summed E-state index contributed by atoms with van der Waals surface area (Å²) >= 11 is 5.70. The molecule has 0 aliphatic heterocycles. The van der Waals surface area contributed by atoms with Crippen molar-refractivity contribution in [1.82, 2.24) is 10.4 Å². The number of rotatable bonds is 4. The van der Waals surface area contributed by atoms with Gasteiger partial charge in [-0.1, -0.05) is 17.7 Å². The lowest BCUT2D eigenvalue weighted by atomic mass is 10.0. The van der Waals surface area contributed by atoms with Crippen molar-refractivity contribution in [2.24, 2.45) is 5.84 Å². The summed E-state index contributed by atoms with van der Waals surface area (Å²) < 4.78 is 26.2. The minimum atomic E-state index is -0.611. The first-order valence-electron chi connectivity index (χ1n) is 5.61. The highest BCUT2D eigenvalue weighted by atomic mass is 35.5. The first kappa shape index (κ1) is 13.9. The van der Waals surface area contributed by atoms with Crippen LogP contribution >= 0.6 is 11.6 Å². The van der Waals surface area contributed by atoms with Crippen LogP contribution < -0.4 is 11.3 Å². The van der Waals surface area contributed by atoms with Gasteiger partial charge in [0.05, 0.1) is 6.04 Å². The average Bonchev–Trinajstić information content (AvgIpc) is 2.36. The molecule has 2 rings (SSSR count). The van der Waals surface area contributed by atoms with Crippen molar-refractivity contribution in [1.29, 1.82) is 0 Å². The highest BCUT2D eigenvalue weighted by Crippen LogP contribution is 2.19. The zero-order chi connectivity index (χ0) is 13.8. The van der Waals surface area contributed by atoms with Gasteiger partial charge in [0.1, 0.15) is 16.8 Å². The Morgan fingerprint density at radius 2 is 1.89 bits per heavy atom. The van der Waals surface area contributed by atoms with Crippen LogP contribution in [-0.2, 0) is 6.42 Å². The maximum atomic E-state index is 13.1. The topological polar surface area (TPSA) is 50.9 Å². The Bertz CT molecular complexity index is 540. The molecule has 0 saturated carbocycles. The number of hydrazine groups is 1. The summed E-state index contributed by atoms with van der Waals surface area (Å²) in [6.07, 6.45) is 1.91. The zero-order valence-corrected chi connectivity index (χ0v) is 10.7. The molecule has 6 heteroatoms. The van der Waals surface area contributed by atoms with Crippen molar-refractivity contribution in [3.05, 3.63) is 64.4 Å². The number of benzene rings is 1. The van der Waals surface area contributed by atoms with Crippen LogP contribution in [0, 0.1) is 11.6 Å². The summed E-state index contributed by atoms with van der Waals surface area (Å²) in [7, 11) is 0. The summed E-state index contributed by atoms with van der Waals surface area (Å²) in [5.74, 6) is 4.25. The van der Waals surface area contributed by atoms with Crippen molar-refractivity contribution < 1.29 is 8.78 Å². The average molecular weight is 284 g/mol. The van der Waals surface area contributed by atoms with E-state index < -0.39 is 11.6 Å². The van der Waals surface area contributed by atoms with Gasteiger partial charge in [-0.05, 0) is 35.7 Å². The van der Waals surface area contributed by atoms with Gasteiger partial charge in [0.2, 0.25) is 0 Å². The van der Waals surface area contributed by atoms with Crippen LogP contribution in [0.2, 0.25) is 5.15 Å². The molecule has 0 bridgehead atoms. The molecule has 0 saturated heterocycles. The van der Waals surface area contributed by atoms with E-state index in [1.165, 1.54) is 12.1 Å². The van der Waals surface area contributed by atoms with E-state index >= 15 is 0 Å². The number of halogens is 3. The van der Waals surface area contributed by atoms with Gasteiger partial charge in [-0.15, -0.1) is 0 Å². The van der Waals surface area contributed by atoms with Crippen molar-refractivity contribution in [2.45, 2.75) is 12.5 Å². The second-order valence-electron chi connectivity index (χ2n) is 4.12. The SMILES string of the molecule is NNC(Cc1cc(F)cc(F)c1)c1ccc(Cl)nc1. The Hall–Kier alpha value is -1.56. The molecular formula is C13H12ClF2N3. The normalized spacial score (nSPS) is 12.4. The smallest absolute Gasteiger partial charge is 0.129 e. The predicted molar refractivity (Wildman–Crippen MR) is 69.4 cm³/mol. The molecule has 0 aliphatic carbocycles. The molecule has 0 fully saturated rings. The Kier molecular flexibility index (Phi) is 4.42. The summed E-state index contributed by atoms with van der Waals surface area (Å²) in [5.41, 5.74) is 3.90. The fraction of sp³-hybridized carbons (Fsp3) is 0.154. The third-order valence-electron chi connectivity index (χ3n) is 2.72. The lowest BCUT2D eigenvalue weighted by molar-refractivity contribution is 0.539. The third kappa shape index (κ3) is 3.70. The van der Waals surface area contributed by atoms with Crippen molar-refractivity contribution in [3.8, 4) is 0 Å². The monoisotopic (exact) mass is 283 g/mol. The van der Waals surface area contributed by atoms with Gasteiger partial charge < -0.3 is 0 Å². The maximum Gasteiger partial charge on any atom is 0.129 e. The van der Waals surface area contributed by atoms with Crippen LogP contribution in [0.15, 0.2) is 36.5 Å². The Morgan fingerprint density at radius 3 is 2.42 bits per heavy atom. The standard InChI is InChI=1S/C13H12ClF2N3/c14-13-2-1-9(7-18-13)12(19-17)5-8-3-10(15)6-11(16)4-8/h1-4,6-7,12,19H,5,17H2. The maximum absolute atomic E-state index is 13.1. The number of pyridine rings is 1. The van der Waals surface area contributed by atoms with Crippen molar-refractivity contribution >= 4 is 11.6 Å². The lowest BCUT2D eigenvalue weighted by Crippen LogP contribution is -2.29. The summed E-state index contributed by atoms with van der Waals surface area (Å²) in [4.78, 5) is 3.95. The van der Waals surface area contributed by atoms with Crippen LogP contribution in [-0.4, -0.2) is 4.98 Å². The molecule has 2 aromatic rings. The molecular weight excluding hydrogens is 272 g/mol. The van der Waals surface area contributed by atoms with E-state index in [0.717, 1.165) is 11.6 Å².